The van der Waals surface area contributed by atoms with Crippen LogP contribution in [0, 0.1) is 5.92 Å². The van der Waals surface area contributed by atoms with Crippen molar-refractivity contribution < 1.29 is 24.5 Å². The molecule has 10 heteroatoms. The number of nitrogens with one attached hydrogen (secondary N) is 3. The van der Waals surface area contributed by atoms with E-state index in [9.17, 15) is 19.8 Å². The zero-order chi connectivity index (χ0) is 32.7. The predicted octanol–water partition coefficient (Wildman–Crippen LogP) is 2.59. The van der Waals surface area contributed by atoms with E-state index in [2.05, 4.69) is 33.0 Å². The number of aliphatic hydroxyl groups is 2. The van der Waals surface area contributed by atoms with Gasteiger partial charge in [-0.2, -0.15) is 0 Å². The number of carbonyl (C=O) groups is 2. The van der Waals surface area contributed by atoms with Crippen molar-refractivity contribution in [3.05, 3.63) is 83.4 Å². The second-order valence-corrected chi connectivity index (χ2v) is 12.0. The molecule has 0 aliphatic carbocycles. The summed E-state index contributed by atoms with van der Waals surface area (Å²) < 4.78 is 5.95. The van der Waals surface area contributed by atoms with Crippen molar-refractivity contribution in [2.45, 2.75) is 44.2 Å². The Balaban J connectivity index is 1.65. The van der Waals surface area contributed by atoms with Crippen LogP contribution in [0.3, 0.4) is 0 Å². The lowest BCUT2D eigenvalue weighted by Crippen LogP contribution is -2.47. The number of rotatable bonds is 13. The van der Waals surface area contributed by atoms with Crippen LogP contribution in [-0.2, 0) is 17.8 Å². The second kappa shape index (κ2) is 15.4. The largest absolute Gasteiger partial charge is 0.496 e. The van der Waals surface area contributed by atoms with Crippen LogP contribution in [0.15, 0.2) is 66.7 Å². The fourth-order valence-electron chi connectivity index (χ4n) is 6.39. The maximum Gasteiger partial charge on any atom is 0.251 e. The van der Waals surface area contributed by atoms with Gasteiger partial charge in [0, 0.05) is 68.1 Å². The summed E-state index contributed by atoms with van der Waals surface area (Å²) in [7, 11) is 8.95. The number of likely N-dealkylation sites (N-methyl/N-ethyl adjacent to an activating group) is 2. The summed E-state index contributed by atoms with van der Waals surface area (Å²) in [5.74, 6) is -0.442. The topological polar surface area (TPSA) is 126 Å². The van der Waals surface area contributed by atoms with Gasteiger partial charge >= 0.3 is 0 Å². The highest BCUT2D eigenvalue weighted by atomic mass is 16.5. The van der Waals surface area contributed by atoms with Gasteiger partial charge in [-0.15, -0.1) is 0 Å². The van der Waals surface area contributed by atoms with Crippen LogP contribution < -0.4 is 20.7 Å². The molecule has 1 aliphatic rings. The van der Waals surface area contributed by atoms with E-state index in [1.165, 1.54) is 0 Å². The Labute approximate surface area is 266 Å². The minimum atomic E-state index is -0.862. The summed E-state index contributed by atoms with van der Waals surface area (Å²) in [6.07, 6.45) is -1.01. The third-order valence-electron chi connectivity index (χ3n) is 8.41. The van der Waals surface area contributed by atoms with E-state index in [-0.39, 0.29) is 24.4 Å². The highest BCUT2D eigenvalue weighted by Gasteiger charge is 2.47. The number of β-amino-alcohol motifs (C(OH)–C–C–N with tert-alkyl or cyclic N) is 1. The Hall–Kier alpha value is -3.96. The molecule has 5 atom stereocenters. The number of likely N-dealkylation sites (tertiary alicyclic amines) is 1. The Morgan fingerprint density at radius 1 is 1.07 bits per heavy atom. The van der Waals surface area contributed by atoms with Gasteiger partial charge in [-0.1, -0.05) is 48.5 Å². The van der Waals surface area contributed by atoms with Gasteiger partial charge in [0.1, 0.15) is 5.75 Å². The first-order valence-electron chi connectivity index (χ1n) is 15.4. The lowest BCUT2D eigenvalue weighted by atomic mass is 9.92. The van der Waals surface area contributed by atoms with Gasteiger partial charge in [0.2, 0.25) is 5.91 Å². The van der Waals surface area contributed by atoms with Crippen molar-refractivity contribution >= 4 is 17.5 Å². The maximum atomic E-state index is 13.7. The summed E-state index contributed by atoms with van der Waals surface area (Å²) in [6, 6.07) is 20.8. The molecule has 3 aromatic rings. The van der Waals surface area contributed by atoms with E-state index < -0.39 is 24.2 Å². The molecule has 4 rings (SSSR count). The van der Waals surface area contributed by atoms with Crippen molar-refractivity contribution in [3.63, 3.8) is 0 Å². The Bertz CT molecular complexity index is 1450. The van der Waals surface area contributed by atoms with Gasteiger partial charge in [0.05, 0.1) is 25.4 Å². The van der Waals surface area contributed by atoms with Crippen molar-refractivity contribution in [2.75, 3.05) is 53.7 Å². The highest BCUT2D eigenvalue weighted by Crippen LogP contribution is 2.38. The predicted molar refractivity (Wildman–Crippen MR) is 177 cm³/mol. The lowest BCUT2D eigenvalue weighted by molar-refractivity contribution is -0.128. The molecule has 0 spiro atoms. The summed E-state index contributed by atoms with van der Waals surface area (Å²) >= 11 is 0. The van der Waals surface area contributed by atoms with Gasteiger partial charge in [-0.3, -0.25) is 14.5 Å². The fourth-order valence-corrected chi connectivity index (χ4v) is 6.39. The van der Waals surface area contributed by atoms with Crippen LogP contribution in [-0.4, -0.2) is 105 Å². The number of ether oxygens (including phenoxy) is 1. The van der Waals surface area contributed by atoms with Gasteiger partial charge in [-0.05, 0) is 56.8 Å². The molecule has 45 heavy (non-hydrogen) atoms. The molecule has 5 N–H and O–H groups in total. The number of hydrogen-bond acceptors (Lipinski definition) is 8. The Morgan fingerprint density at radius 2 is 1.80 bits per heavy atom. The summed E-state index contributed by atoms with van der Waals surface area (Å²) in [5, 5.41) is 30.2. The molecule has 1 fully saturated rings. The van der Waals surface area contributed by atoms with Gasteiger partial charge in [-0.25, -0.2) is 0 Å². The van der Waals surface area contributed by atoms with E-state index >= 15 is 0 Å². The van der Waals surface area contributed by atoms with Gasteiger partial charge in [0.25, 0.3) is 5.91 Å². The monoisotopic (exact) mass is 617 g/mol. The second-order valence-electron chi connectivity index (χ2n) is 12.0. The SMILES string of the molecule is CNC(=O)[C@@H]1[C@H]([C@H](C)O)[C@@H](O)CN1Cc1cccc(-c2cc(NC)cc(C(=O)N[C@@H](Cc3ccccc3)CN(C)C)c2)c1OC. The van der Waals surface area contributed by atoms with Crippen LogP contribution in [0.1, 0.15) is 28.4 Å². The number of methoxy groups -OCH3 is 1. The molecule has 0 unspecified atom stereocenters. The molecular formula is C35H47N5O5. The zero-order valence-corrected chi connectivity index (χ0v) is 27.1. The summed E-state index contributed by atoms with van der Waals surface area (Å²) in [4.78, 5) is 30.5. The average molecular weight is 618 g/mol. The first-order chi connectivity index (χ1) is 21.6. The van der Waals surface area contributed by atoms with E-state index in [1.54, 1.807) is 21.1 Å². The number of benzene rings is 3. The molecule has 0 radical (unpaired) electrons. The molecule has 0 bridgehead atoms. The lowest BCUT2D eigenvalue weighted by Gasteiger charge is -2.28. The molecule has 10 nitrogen and oxygen atoms in total. The third-order valence-corrected chi connectivity index (χ3v) is 8.41. The summed E-state index contributed by atoms with van der Waals surface area (Å²) in [5.41, 5.74) is 4.85. The average Bonchev–Trinajstić information content (AvgIpc) is 3.35. The molecule has 1 saturated heterocycles. The van der Waals surface area contributed by atoms with Crippen LogP contribution in [0.25, 0.3) is 11.1 Å². The van der Waals surface area contributed by atoms with Crippen LogP contribution in [0.4, 0.5) is 5.69 Å². The molecular weight excluding hydrogens is 570 g/mol. The van der Waals surface area contributed by atoms with Crippen LogP contribution in [0.5, 0.6) is 5.75 Å². The molecule has 0 saturated carbocycles. The number of hydrogen-bond donors (Lipinski definition) is 5. The number of carbonyl (C=O) groups excluding carboxylic acids is 2. The number of aliphatic hydroxyl groups excluding tert-OH is 2. The maximum absolute atomic E-state index is 13.7. The molecule has 3 aromatic carbocycles. The van der Waals surface area contributed by atoms with Crippen LogP contribution >= 0.6 is 0 Å². The molecule has 1 aliphatic heterocycles. The number of para-hydroxylation sites is 1. The Kier molecular flexibility index (Phi) is 11.6. The van der Waals surface area contributed by atoms with E-state index in [0.29, 0.717) is 30.8 Å². The van der Waals surface area contributed by atoms with Crippen molar-refractivity contribution in [1.29, 1.82) is 0 Å². The smallest absolute Gasteiger partial charge is 0.251 e. The standard InChI is InChI=1S/C35H47N5O5/c1-22(41)31-30(42)21-40(32(31)35(44)37-3)19-24-13-10-14-29(33(24)45-6)25-16-26(18-27(17-25)36-2)34(43)38-28(20-39(4)5)15-23-11-8-7-9-12-23/h7-14,16-18,22,28,30-32,36,41-42H,15,19-21H2,1-6H3,(H,37,44)(H,38,43)/t22-,28-,30-,31+,32-/m0/s1. The van der Waals surface area contributed by atoms with Crippen molar-refractivity contribution in [3.8, 4) is 16.9 Å². The molecule has 2 amide bonds. The first-order valence-corrected chi connectivity index (χ1v) is 15.4. The number of nitrogens with zero attached hydrogens (tertiary/aromatic N) is 2. The van der Waals surface area contributed by atoms with E-state index in [1.807, 2.05) is 80.6 Å². The highest BCUT2D eigenvalue weighted by molar-refractivity contribution is 5.97. The molecule has 242 valence electrons. The number of anilines is 1. The fraction of sp³-hybridized carbons (Fsp3) is 0.429. The quantitative estimate of drug-likeness (QED) is 0.198. The van der Waals surface area contributed by atoms with Gasteiger partial charge in [0.15, 0.2) is 0 Å². The van der Waals surface area contributed by atoms with Crippen molar-refractivity contribution in [2.24, 2.45) is 5.92 Å². The molecule has 1 heterocycles. The minimum Gasteiger partial charge on any atom is -0.496 e. The minimum absolute atomic E-state index is 0.0935. The van der Waals surface area contributed by atoms with E-state index in [4.69, 9.17) is 4.74 Å². The zero-order valence-electron chi connectivity index (χ0n) is 27.1. The Morgan fingerprint density at radius 3 is 2.42 bits per heavy atom. The van der Waals surface area contributed by atoms with E-state index in [0.717, 1.165) is 27.9 Å². The molecule has 0 aromatic heterocycles. The van der Waals surface area contributed by atoms with Gasteiger partial charge < -0.3 is 35.8 Å². The number of amides is 2. The first kappa shape index (κ1) is 33.9. The third kappa shape index (κ3) is 8.20. The van der Waals surface area contributed by atoms with Crippen LogP contribution in [0.2, 0.25) is 0 Å². The summed E-state index contributed by atoms with van der Waals surface area (Å²) in [6.45, 7) is 2.84. The normalized spacial score (nSPS) is 19.6. The van der Waals surface area contributed by atoms with Crippen molar-refractivity contribution in [1.82, 2.24) is 20.4 Å².